The molecule has 1 heterocycles. The van der Waals surface area contributed by atoms with Crippen molar-refractivity contribution < 1.29 is 18.4 Å². The summed E-state index contributed by atoms with van der Waals surface area (Å²) in [5.74, 6) is 0.493. The molecule has 0 aliphatic carbocycles. The van der Waals surface area contributed by atoms with Crippen molar-refractivity contribution in [2.45, 2.75) is 6.85 Å². The van der Waals surface area contributed by atoms with Gasteiger partial charge in [0.15, 0.2) is 0 Å². The zero-order valence-electron chi connectivity index (χ0n) is 18.3. The van der Waals surface area contributed by atoms with Crippen LogP contribution in [-0.2, 0) is 0 Å². The molecule has 29 heavy (non-hydrogen) atoms. The lowest BCUT2D eigenvalue weighted by Gasteiger charge is -2.21. The maximum Gasteiger partial charge on any atom is 0.323 e. The van der Waals surface area contributed by atoms with Crippen LogP contribution < -0.4 is 20.7 Å². The minimum Gasteiger partial charge on any atom is -0.457 e. The van der Waals surface area contributed by atoms with E-state index in [4.69, 9.17) is 26.2 Å². The van der Waals surface area contributed by atoms with E-state index < -0.39 is 12.9 Å². The van der Waals surface area contributed by atoms with Crippen LogP contribution in [-0.4, -0.2) is 24.0 Å². The standard InChI is InChI=1S/C21H19ClN4O3/c1-13-11-15(5-8-18(13)22)26(21(23)28)14-3-6-16(7-4-14)29-17-9-10-25-19(12-17)20(27)24-2/h3-12H,1-2H3,(H2,23,28)(H,24,27)/i1D3. The van der Waals surface area contributed by atoms with Gasteiger partial charge >= 0.3 is 6.03 Å². The van der Waals surface area contributed by atoms with Gasteiger partial charge in [-0.05, 0) is 60.9 Å². The van der Waals surface area contributed by atoms with Gasteiger partial charge in [0.05, 0.1) is 11.4 Å². The molecule has 0 radical (unpaired) electrons. The molecule has 0 unspecified atom stereocenters. The molecule has 0 bridgehead atoms. The molecule has 3 N–H and O–H groups in total. The second-order valence-corrected chi connectivity index (χ2v) is 6.30. The Labute approximate surface area is 177 Å². The van der Waals surface area contributed by atoms with Crippen LogP contribution in [0.3, 0.4) is 0 Å². The number of aryl methyl sites for hydroxylation is 1. The topological polar surface area (TPSA) is 97.6 Å². The zero-order valence-corrected chi connectivity index (χ0v) is 16.1. The van der Waals surface area contributed by atoms with Crippen LogP contribution in [0.4, 0.5) is 16.2 Å². The molecule has 0 spiro atoms. The van der Waals surface area contributed by atoms with Crippen molar-refractivity contribution in [3.05, 3.63) is 77.1 Å². The van der Waals surface area contributed by atoms with Crippen LogP contribution in [0, 0.1) is 6.85 Å². The Hall–Kier alpha value is -3.58. The Morgan fingerprint density at radius 1 is 1.10 bits per heavy atom. The van der Waals surface area contributed by atoms with E-state index in [9.17, 15) is 9.59 Å². The number of amides is 3. The van der Waals surface area contributed by atoms with Crippen molar-refractivity contribution in [3.63, 3.8) is 0 Å². The van der Waals surface area contributed by atoms with Crippen molar-refractivity contribution in [1.82, 2.24) is 10.3 Å². The Balaban J connectivity index is 1.88. The van der Waals surface area contributed by atoms with Gasteiger partial charge in [-0.15, -0.1) is 0 Å². The fourth-order valence-corrected chi connectivity index (χ4v) is 2.70. The highest BCUT2D eigenvalue weighted by Gasteiger charge is 2.16. The lowest BCUT2D eigenvalue weighted by atomic mass is 10.2. The molecular formula is C21H19ClN4O3. The number of rotatable bonds is 5. The summed E-state index contributed by atoms with van der Waals surface area (Å²) in [5.41, 5.74) is 6.32. The normalized spacial score (nSPS) is 12.3. The van der Waals surface area contributed by atoms with Gasteiger partial charge in [-0.3, -0.25) is 14.7 Å². The number of carbonyl (C=O) groups excluding carboxylic acids is 2. The van der Waals surface area contributed by atoms with E-state index in [1.54, 1.807) is 30.3 Å². The predicted molar refractivity (Wildman–Crippen MR) is 112 cm³/mol. The highest BCUT2D eigenvalue weighted by molar-refractivity contribution is 6.31. The number of nitrogens with two attached hydrogens (primary N) is 1. The quantitative estimate of drug-likeness (QED) is 0.647. The van der Waals surface area contributed by atoms with Crippen LogP contribution in [0.2, 0.25) is 5.02 Å². The van der Waals surface area contributed by atoms with Gasteiger partial charge < -0.3 is 15.8 Å². The maximum absolute atomic E-state index is 12.2. The largest absolute Gasteiger partial charge is 0.457 e. The molecule has 1 aromatic heterocycles. The number of halogens is 1. The molecule has 8 heteroatoms. The molecule has 2 aromatic carbocycles. The number of nitrogens with zero attached hydrogens (tertiary/aromatic N) is 2. The first kappa shape index (κ1) is 16.4. The third-order valence-corrected chi connectivity index (χ3v) is 4.28. The first-order valence-corrected chi connectivity index (χ1v) is 8.83. The molecule has 0 aliphatic heterocycles. The van der Waals surface area contributed by atoms with E-state index in [1.165, 1.54) is 37.5 Å². The van der Waals surface area contributed by atoms with E-state index in [-0.39, 0.29) is 27.9 Å². The van der Waals surface area contributed by atoms with Crippen LogP contribution in [0.5, 0.6) is 11.5 Å². The Kier molecular flexibility index (Phi) is 4.87. The highest BCUT2D eigenvalue weighted by Crippen LogP contribution is 2.31. The predicted octanol–water partition coefficient (Wildman–Crippen LogP) is 4.41. The minimum absolute atomic E-state index is 0.0652. The van der Waals surface area contributed by atoms with E-state index in [0.29, 0.717) is 17.2 Å². The Morgan fingerprint density at radius 2 is 1.83 bits per heavy atom. The number of hydrogen-bond donors (Lipinski definition) is 2. The molecule has 7 nitrogen and oxygen atoms in total. The summed E-state index contributed by atoms with van der Waals surface area (Å²) in [6.45, 7) is -2.45. The van der Waals surface area contributed by atoms with Crippen molar-refractivity contribution in [2.24, 2.45) is 5.73 Å². The summed E-state index contributed by atoms with van der Waals surface area (Å²) < 4.78 is 28.6. The van der Waals surface area contributed by atoms with Crippen molar-refractivity contribution in [3.8, 4) is 11.5 Å². The summed E-state index contributed by atoms with van der Waals surface area (Å²) in [6.07, 6.45) is 1.45. The number of ether oxygens (including phenoxy) is 1. The summed E-state index contributed by atoms with van der Waals surface area (Å²) in [5, 5.41) is 2.55. The molecule has 0 saturated heterocycles. The monoisotopic (exact) mass is 413 g/mol. The molecule has 0 atom stereocenters. The van der Waals surface area contributed by atoms with E-state index in [1.807, 2.05) is 0 Å². The number of carbonyl (C=O) groups is 2. The SMILES string of the molecule is [2H]C([2H])([2H])c1cc(N(C(N)=O)c2ccc(Oc3ccnc(C(=O)NC)c3)cc2)ccc1Cl. The van der Waals surface area contributed by atoms with Gasteiger partial charge in [0, 0.05) is 28.4 Å². The van der Waals surface area contributed by atoms with E-state index >= 15 is 0 Å². The van der Waals surface area contributed by atoms with E-state index in [2.05, 4.69) is 10.3 Å². The highest BCUT2D eigenvalue weighted by atomic mass is 35.5. The van der Waals surface area contributed by atoms with Crippen LogP contribution >= 0.6 is 11.6 Å². The number of hydrogen-bond acceptors (Lipinski definition) is 4. The Bertz CT molecular complexity index is 1150. The number of aromatic nitrogens is 1. The van der Waals surface area contributed by atoms with Crippen molar-refractivity contribution in [2.75, 3.05) is 11.9 Å². The average Bonchev–Trinajstić information content (AvgIpc) is 2.75. The lowest BCUT2D eigenvalue weighted by molar-refractivity contribution is 0.0958. The smallest absolute Gasteiger partial charge is 0.323 e. The average molecular weight is 414 g/mol. The number of pyridine rings is 1. The second-order valence-electron chi connectivity index (χ2n) is 5.89. The molecule has 3 rings (SSSR count). The number of nitrogens with one attached hydrogen (secondary N) is 1. The van der Waals surface area contributed by atoms with Crippen LogP contribution in [0.1, 0.15) is 20.2 Å². The summed E-state index contributed by atoms with van der Waals surface area (Å²) >= 11 is 6.01. The fraction of sp³-hybridized carbons (Fsp3) is 0.0952. The number of primary amides is 1. The van der Waals surface area contributed by atoms with Gasteiger partial charge in [0.25, 0.3) is 5.91 Å². The number of benzene rings is 2. The van der Waals surface area contributed by atoms with Gasteiger partial charge in [0.1, 0.15) is 17.2 Å². The molecular weight excluding hydrogens is 392 g/mol. The third kappa shape index (κ3) is 4.64. The zero-order chi connectivity index (χ0) is 23.5. The Morgan fingerprint density at radius 3 is 2.48 bits per heavy atom. The lowest BCUT2D eigenvalue weighted by Crippen LogP contribution is -2.31. The van der Waals surface area contributed by atoms with Gasteiger partial charge in [0.2, 0.25) is 0 Å². The minimum atomic E-state index is -2.45. The first-order valence-electron chi connectivity index (χ1n) is 9.96. The molecule has 148 valence electrons. The summed E-state index contributed by atoms with van der Waals surface area (Å²) in [4.78, 5) is 29.0. The second kappa shape index (κ2) is 8.62. The number of anilines is 2. The summed E-state index contributed by atoms with van der Waals surface area (Å²) in [7, 11) is 1.50. The van der Waals surface area contributed by atoms with Crippen molar-refractivity contribution in [1.29, 1.82) is 0 Å². The third-order valence-electron chi connectivity index (χ3n) is 3.95. The fourth-order valence-electron chi connectivity index (χ4n) is 2.58. The molecule has 0 fully saturated rings. The number of urea groups is 1. The van der Waals surface area contributed by atoms with Gasteiger partial charge in [-0.1, -0.05) is 11.6 Å². The van der Waals surface area contributed by atoms with Gasteiger partial charge in [-0.2, -0.15) is 0 Å². The summed E-state index contributed by atoms with van der Waals surface area (Å²) in [6, 6.07) is 12.9. The maximum atomic E-state index is 12.2. The first-order chi connectivity index (χ1) is 15.1. The molecule has 0 saturated carbocycles. The molecule has 3 amide bonds. The van der Waals surface area contributed by atoms with Gasteiger partial charge in [-0.25, -0.2) is 4.79 Å². The van der Waals surface area contributed by atoms with Crippen LogP contribution in [0.15, 0.2) is 60.8 Å². The van der Waals surface area contributed by atoms with Crippen molar-refractivity contribution >= 4 is 34.9 Å². The molecule has 0 aliphatic rings. The van der Waals surface area contributed by atoms with Crippen LogP contribution in [0.25, 0.3) is 0 Å². The van der Waals surface area contributed by atoms with E-state index in [0.717, 1.165) is 4.90 Å². The molecule has 3 aromatic rings.